The van der Waals surface area contributed by atoms with Gasteiger partial charge in [-0.15, -0.1) is 0 Å². The zero-order valence-corrected chi connectivity index (χ0v) is 17.6. The third-order valence-corrected chi connectivity index (χ3v) is 3.34. The second-order valence-electron chi connectivity index (χ2n) is 8.41. The first-order valence-corrected chi connectivity index (χ1v) is 8.86. The van der Waals surface area contributed by atoms with E-state index in [2.05, 4.69) is 5.16 Å². The van der Waals surface area contributed by atoms with Crippen molar-refractivity contribution in [2.45, 2.75) is 65.5 Å². The van der Waals surface area contributed by atoms with Gasteiger partial charge in [-0.3, -0.25) is 0 Å². The minimum absolute atomic E-state index is 0.0477. The van der Waals surface area contributed by atoms with Crippen LogP contribution in [0.5, 0.6) is 0 Å². The number of oxime groups is 1. The van der Waals surface area contributed by atoms with E-state index in [1.165, 1.54) is 6.07 Å². The molecule has 1 aromatic rings. The Morgan fingerprint density at radius 3 is 1.87 bits per heavy atom. The predicted molar refractivity (Wildman–Crippen MR) is 102 cm³/mol. The van der Waals surface area contributed by atoms with Crippen LogP contribution in [0.4, 0.5) is 22.8 Å². The number of halogens is 3. The highest BCUT2D eigenvalue weighted by atomic mass is 19.4. The first-order valence-electron chi connectivity index (χ1n) is 8.86. The summed E-state index contributed by atoms with van der Waals surface area (Å²) in [6.07, 6.45) is -6.99. The van der Waals surface area contributed by atoms with Crippen LogP contribution in [0.3, 0.4) is 0 Å². The summed E-state index contributed by atoms with van der Waals surface area (Å²) in [6, 6.07) is 2.90. The Bertz CT molecular complexity index is 796. The molecule has 0 radical (unpaired) electrons. The van der Waals surface area contributed by atoms with Crippen molar-refractivity contribution in [2.75, 3.05) is 0 Å². The van der Waals surface area contributed by atoms with Gasteiger partial charge in [-0.05, 0) is 53.2 Å². The smallest absolute Gasteiger partial charge is 0.420 e. The lowest BCUT2D eigenvalue weighted by molar-refractivity contribution is -0.137. The van der Waals surface area contributed by atoms with Crippen LogP contribution in [-0.4, -0.2) is 39.3 Å². The molecule has 0 saturated heterocycles. The molecule has 0 aliphatic carbocycles. The van der Waals surface area contributed by atoms with Crippen LogP contribution < -0.4 is 5.73 Å². The van der Waals surface area contributed by atoms with E-state index in [0.29, 0.717) is 11.0 Å². The molecule has 168 valence electrons. The molecule has 0 saturated carbocycles. The lowest BCUT2D eigenvalue weighted by Gasteiger charge is -2.28. The lowest BCUT2D eigenvalue weighted by atomic mass is 10.0. The van der Waals surface area contributed by atoms with Crippen LogP contribution in [0, 0.1) is 0 Å². The number of imide groups is 1. The molecule has 30 heavy (non-hydrogen) atoms. The van der Waals surface area contributed by atoms with Gasteiger partial charge in [0, 0.05) is 5.56 Å². The molecule has 2 amide bonds. The van der Waals surface area contributed by atoms with Crippen molar-refractivity contribution in [3.8, 4) is 0 Å². The van der Waals surface area contributed by atoms with Crippen molar-refractivity contribution in [3.05, 3.63) is 34.9 Å². The van der Waals surface area contributed by atoms with Crippen LogP contribution in [0.2, 0.25) is 0 Å². The number of amidine groups is 1. The number of carbonyl (C=O) groups excluding carboxylic acids is 2. The maximum Gasteiger partial charge on any atom is 0.420 e. The summed E-state index contributed by atoms with van der Waals surface area (Å²) in [7, 11) is 0. The molecule has 0 spiro atoms. The number of hydrogen-bond acceptors (Lipinski definition) is 6. The van der Waals surface area contributed by atoms with Gasteiger partial charge < -0.3 is 20.4 Å². The van der Waals surface area contributed by atoms with Crippen molar-refractivity contribution in [1.29, 1.82) is 0 Å². The molecular formula is C19H26F3N3O5. The number of nitrogens with zero attached hydrogens (tertiary/aromatic N) is 2. The fourth-order valence-electron chi connectivity index (χ4n) is 2.22. The second-order valence-corrected chi connectivity index (χ2v) is 8.41. The van der Waals surface area contributed by atoms with E-state index in [9.17, 15) is 22.8 Å². The van der Waals surface area contributed by atoms with Gasteiger partial charge in [0.1, 0.15) is 11.2 Å². The first kappa shape index (κ1) is 25.1. The normalized spacial score (nSPS) is 13.0. The number of benzene rings is 1. The third kappa shape index (κ3) is 7.45. The number of hydrogen-bond donors (Lipinski definition) is 2. The Hall–Kier alpha value is -2.98. The average Bonchev–Trinajstić information content (AvgIpc) is 2.54. The van der Waals surface area contributed by atoms with Gasteiger partial charge in [-0.2, -0.15) is 13.2 Å². The topological polar surface area (TPSA) is 114 Å². The molecule has 1 rings (SSSR count). The van der Waals surface area contributed by atoms with E-state index in [4.69, 9.17) is 20.4 Å². The third-order valence-electron chi connectivity index (χ3n) is 3.34. The Morgan fingerprint density at radius 2 is 1.50 bits per heavy atom. The minimum Gasteiger partial charge on any atom is -0.443 e. The molecule has 0 heterocycles. The molecule has 0 aliphatic rings. The van der Waals surface area contributed by atoms with Crippen molar-refractivity contribution in [3.63, 3.8) is 0 Å². The highest BCUT2D eigenvalue weighted by molar-refractivity contribution is 5.98. The van der Waals surface area contributed by atoms with E-state index in [0.717, 1.165) is 6.07 Å². The van der Waals surface area contributed by atoms with Gasteiger partial charge in [0.25, 0.3) is 0 Å². The van der Waals surface area contributed by atoms with Crippen LogP contribution in [0.25, 0.3) is 0 Å². The number of nitrogens with two attached hydrogens (primary N) is 1. The summed E-state index contributed by atoms with van der Waals surface area (Å²) >= 11 is 0. The van der Waals surface area contributed by atoms with Gasteiger partial charge in [0.2, 0.25) is 0 Å². The van der Waals surface area contributed by atoms with Crippen LogP contribution in [0.15, 0.2) is 23.4 Å². The highest BCUT2D eigenvalue weighted by Crippen LogP contribution is 2.33. The van der Waals surface area contributed by atoms with Gasteiger partial charge in [0.15, 0.2) is 5.84 Å². The number of alkyl halides is 3. The molecule has 0 atom stereocenters. The SMILES string of the molecule is CC(C)(C)OC(=O)N(Cc1ccc(/C(N)=N/O)c(C(F)(F)F)c1)C(=O)OC(C)(C)C. The van der Waals surface area contributed by atoms with Gasteiger partial charge >= 0.3 is 18.4 Å². The van der Waals surface area contributed by atoms with E-state index < -0.39 is 53.1 Å². The van der Waals surface area contributed by atoms with E-state index in [-0.39, 0.29) is 5.56 Å². The minimum atomic E-state index is -4.83. The Balaban J connectivity index is 3.37. The fourth-order valence-corrected chi connectivity index (χ4v) is 2.22. The summed E-state index contributed by atoms with van der Waals surface area (Å²) in [4.78, 5) is 25.6. The Labute approximate surface area is 172 Å². The summed E-state index contributed by atoms with van der Waals surface area (Å²) < 4.78 is 50.7. The molecule has 8 nitrogen and oxygen atoms in total. The van der Waals surface area contributed by atoms with E-state index in [1.807, 2.05) is 0 Å². The van der Waals surface area contributed by atoms with Crippen LogP contribution in [0.1, 0.15) is 58.2 Å². The monoisotopic (exact) mass is 433 g/mol. The molecule has 0 fully saturated rings. The van der Waals surface area contributed by atoms with E-state index in [1.54, 1.807) is 41.5 Å². The molecule has 1 aromatic carbocycles. The summed E-state index contributed by atoms with van der Waals surface area (Å²) in [5.41, 5.74) is 1.63. The highest BCUT2D eigenvalue weighted by Gasteiger charge is 2.36. The summed E-state index contributed by atoms with van der Waals surface area (Å²) in [5, 5.41) is 11.3. The predicted octanol–water partition coefficient (Wildman–Crippen LogP) is 4.47. The molecule has 3 N–H and O–H groups in total. The number of rotatable bonds is 3. The summed E-state index contributed by atoms with van der Waals surface area (Å²) in [6.45, 7) is 8.90. The number of amides is 2. The molecule has 0 unspecified atom stereocenters. The van der Waals surface area contributed by atoms with E-state index >= 15 is 0 Å². The fraction of sp³-hybridized carbons (Fsp3) is 0.526. The number of carbonyl (C=O) groups is 2. The van der Waals surface area contributed by atoms with Crippen molar-refractivity contribution >= 4 is 18.0 Å². The van der Waals surface area contributed by atoms with Crippen molar-refractivity contribution in [2.24, 2.45) is 10.9 Å². The zero-order valence-electron chi connectivity index (χ0n) is 17.6. The van der Waals surface area contributed by atoms with Gasteiger partial charge in [-0.25, -0.2) is 14.5 Å². The standard InChI is InChI=1S/C19H26F3N3O5/c1-17(2,3)29-15(26)25(16(27)30-18(4,5)6)10-11-7-8-12(14(23)24-28)13(9-11)19(20,21)22/h7-9,28H,10H2,1-6H3,(H2,23,24). The summed E-state index contributed by atoms with van der Waals surface area (Å²) in [5.74, 6) is -0.731. The van der Waals surface area contributed by atoms with Crippen molar-refractivity contribution < 1.29 is 37.4 Å². The van der Waals surface area contributed by atoms with Crippen LogP contribution in [-0.2, 0) is 22.2 Å². The molecule has 11 heteroatoms. The number of ether oxygens (including phenoxy) is 2. The lowest BCUT2D eigenvalue weighted by Crippen LogP contribution is -2.43. The van der Waals surface area contributed by atoms with Gasteiger partial charge in [-0.1, -0.05) is 17.3 Å². The van der Waals surface area contributed by atoms with Crippen LogP contribution >= 0.6 is 0 Å². The Morgan fingerprint density at radius 1 is 1.03 bits per heavy atom. The molecular weight excluding hydrogens is 407 g/mol. The average molecular weight is 433 g/mol. The van der Waals surface area contributed by atoms with Gasteiger partial charge in [0.05, 0.1) is 12.1 Å². The molecule has 0 aliphatic heterocycles. The quantitative estimate of drug-likeness (QED) is 0.315. The Kier molecular flexibility index (Phi) is 7.35. The molecule has 0 bridgehead atoms. The second kappa shape index (κ2) is 8.80. The maximum atomic E-state index is 13.4. The molecule has 0 aromatic heterocycles. The van der Waals surface area contributed by atoms with Crippen molar-refractivity contribution in [1.82, 2.24) is 4.90 Å². The first-order chi connectivity index (χ1) is 13.4. The maximum absolute atomic E-state index is 13.4. The largest absolute Gasteiger partial charge is 0.443 e. The zero-order chi connectivity index (χ0) is 23.5.